The van der Waals surface area contributed by atoms with E-state index < -0.39 is 6.10 Å². The van der Waals surface area contributed by atoms with E-state index in [2.05, 4.69) is 63.3 Å². The lowest BCUT2D eigenvalue weighted by atomic mass is 10.0. The largest absolute Gasteiger partial charge is 0.462 e. The molecule has 1 unspecified atom stereocenters. The average molecular weight is 845 g/mol. The molecule has 0 aromatic carbocycles. The lowest BCUT2D eigenvalue weighted by Gasteiger charge is -2.18. The second kappa shape index (κ2) is 48.7. The van der Waals surface area contributed by atoms with E-state index in [0.717, 1.165) is 96.3 Å². The van der Waals surface area contributed by atoms with E-state index in [9.17, 15) is 14.4 Å². The zero-order valence-electron chi connectivity index (χ0n) is 39.1. The van der Waals surface area contributed by atoms with Crippen molar-refractivity contribution in [1.29, 1.82) is 0 Å². The second-order valence-corrected chi connectivity index (χ2v) is 15.8. The molecule has 0 spiro atoms. The molecule has 0 rings (SSSR count). The molecule has 0 bridgehead atoms. The molecule has 0 aliphatic heterocycles. The highest BCUT2D eigenvalue weighted by Gasteiger charge is 2.19. The second-order valence-electron chi connectivity index (χ2n) is 15.8. The van der Waals surface area contributed by atoms with E-state index in [0.29, 0.717) is 19.3 Å². The highest BCUT2D eigenvalue weighted by Crippen LogP contribution is 2.14. The maximum absolute atomic E-state index is 12.8. The van der Waals surface area contributed by atoms with E-state index in [4.69, 9.17) is 14.2 Å². The lowest BCUT2D eigenvalue weighted by molar-refractivity contribution is -0.167. The minimum atomic E-state index is -0.806. The smallest absolute Gasteiger partial charge is 0.306 e. The molecule has 0 saturated carbocycles. The van der Waals surface area contributed by atoms with E-state index in [1.54, 1.807) is 0 Å². The first-order valence-electron chi connectivity index (χ1n) is 24.5. The molecule has 61 heavy (non-hydrogen) atoms. The van der Waals surface area contributed by atoms with Gasteiger partial charge in [-0.15, -0.1) is 0 Å². The van der Waals surface area contributed by atoms with Gasteiger partial charge in [0.25, 0.3) is 0 Å². The molecule has 1 atom stereocenters. The first-order chi connectivity index (χ1) is 30.0. The number of unbranched alkanes of at least 4 members (excludes halogenated alkanes) is 20. The maximum Gasteiger partial charge on any atom is 0.306 e. The summed E-state index contributed by atoms with van der Waals surface area (Å²) >= 11 is 0. The summed E-state index contributed by atoms with van der Waals surface area (Å²) in [6.07, 6.45) is 64.9. The van der Waals surface area contributed by atoms with Crippen LogP contribution in [0.25, 0.3) is 0 Å². The standard InChI is InChI=1S/C55H88O6/c1-4-7-10-13-16-19-22-25-26-27-28-31-33-36-39-42-45-48-54(57)60-51-52(61-55(58)49-46-43-40-37-34-30-24-21-18-15-12-9-6-3)50-59-53(56)47-44-41-38-35-32-29-23-20-17-14-11-8-5-2/h7,9-10,12-13,15-16,18-19,21-22,24-28,31,33,52H,4-6,8,11,14,17,20,23,29-30,32,34-51H2,1-3H3/b10-7+,12-9+,16-13+,18-15+,22-19+,24-21+,26-25+,28-27+,33-31+. The Morgan fingerprint density at radius 3 is 1.02 bits per heavy atom. The number of hydrogen-bond donors (Lipinski definition) is 0. The van der Waals surface area contributed by atoms with E-state index in [1.807, 2.05) is 66.8 Å². The van der Waals surface area contributed by atoms with Gasteiger partial charge in [0, 0.05) is 19.3 Å². The Morgan fingerprint density at radius 2 is 0.639 bits per heavy atom. The summed E-state index contributed by atoms with van der Waals surface area (Å²) in [4.78, 5) is 37.9. The maximum atomic E-state index is 12.8. The van der Waals surface area contributed by atoms with Crippen molar-refractivity contribution >= 4 is 17.9 Å². The SMILES string of the molecule is CC/C=C/C=C/C=C/C=C/C=C/C=C/CCCCCC(=O)OCC(COC(=O)CCCCCCCCCCCCCCC)OC(=O)CCCCCCC/C=C/C=C/C=C/CC. The van der Waals surface area contributed by atoms with Gasteiger partial charge in [-0.1, -0.05) is 233 Å². The van der Waals surface area contributed by atoms with Gasteiger partial charge in [0.15, 0.2) is 6.10 Å². The quantitative estimate of drug-likeness (QED) is 0.0264. The van der Waals surface area contributed by atoms with Gasteiger partial charge < -0.3 is 14.2 Å². The van der Waals surface area contributed by atoms with Gasteiger partial charge in [0.2, 0.25) is 0 Å². The average Bonchev–Trinajstić information content (AvgIpc) is 3.26. The van der Waals surface area contributed by atoms with Gasteiger partial charge >= 0.3 is 17.9 Å². The summed E-state index contributed by atoms with van der Waals surface area (Å²) in [5, 5.41) is 0. The molecule has 0 aliphatic rings. The molecule has 344 valence electrons. The van der Waals surface area contributed by atoms with Crippen LogP contribution in [0.2, 0.25) is 0 Å². The third-order valence-corrected chi connectivity index (χ3v) is 10.00. The molecule has 0 N–H and O–H groups in total. The van der Waals surface area contributed by atoms with Crippen LogP contribution < -0.4 is 0 Å². The van der Waals surface area contributed by atoms with Gasteiger partial charge in [-0.3, -0.25) is 14.4 Å². The predicted molar refractivity (Wildman–Crippen MR) is 260 cm³/mol. The van der Waals surface area contributed by atoms with Crippen LogP contribution in [0.1, 0.15) is 201 Å². The van der Waals surface area contributed by atoms with Crippen molar-refractivity contribution in [2.75, 3.05) is 13.2 Å². The summed E-state index contributed by atoms with van der Waals surface area (Å²) in [7, 11) is 0. The fourth-order valence-corrected chi connectivity index (χ4v) is 6.35. The van der Waals surface area contributed by atoms with Crippen LogP contribution in [-0.2, 0) is 28.6 Å². The monoisotopic (exact) mass is 845 g/mol. The van der Waals surface area contributed by atoms with E-state index in [1.165, 1.54) is 64.2 Å². The van der Waals surface area contributed by atoms with Crippen molar-refractivity contribution < 1.29 is 28.6 Å². The molecule has 0 aliphatic carbocycles. The molecular formula is C55H88O6. The Morgan fingerprint density at radius 1 is 0.344 bits per heavy atom. The van der Waals surface area contributed by atoms with Crippen molar-refractivity contribution in [1.82, 2.24) is 0 Å². The number of carbonyl (C=O) groups excluding carboxylic acids is 3. The van der Waals surface area contributed by atoms with Crippen molar-refractivity contribution in [3.63, 3.8) is 0 Å². The fourth-order valence-electron chi connectivity index (χ4n) is 6.35. The summed E-state index contributed by atoms with van der Waals surface area (Å²) in [6.45, 7) is 6.28. The minimum absolute atomic E-state index is 0.102. The Kier molecular flexibility index (Phi) is 45.6. The highest BCUT2D eigenvalue weighted by atomic mass is 16.6. The van der Waals surface area contributed by atoms with Crippen molar-refractivity contribution in [3.8, 4) is 0 Å². The predicted octanol–water partition coefficient (Wildman–Crippen LogP) is 16.0. The first-order valence-corrected chi connectivity index (χ1v) is 24.5. The molecule has 0 fully saturated rings. The van der Waals surface area contributed by atoms with Crippen LogP contribution in [0.3, 0.4) is 0 Å². The van der Waals surface area contributed by atoms with Crippen molar-refractivity contribution in [2.45, 2.75) is 207 Å². The number of esters is 3. The lowest BCUT2D eigenvalue weighted by Crippen LogP contribution is -2.30. The molecule has 0 heterocycles. The normalized spacial score (nSPS) is 13.0. The molecule has 0 radical (unpaired) electrons. The van der Waals surface area contributed by atoms with Gasteiger partial charge in [0.1, 0.15) is 13.2 Å². The van der Waals surface area contributed by atoms with Gasteiger partial charge in [0.05, 0.1) is 0 Å². The Bertz CT molecular complexity index is 1290. The van der Waals surface area contributed by atoms with Gasteiger partial charge in [-0.05, 0) is 57.8 Å². The molecule has 6 heteroatoms. The van der Waals surface area contributed by atoms with Crippen LogP contribution in [0.4, 0.5) is 0 Å². The van der Waals surface area contributed by atoms with E-state index >= 15 is 0 Å². The van der Waals surface area contributed by atoms with Crippen LogP contribution in [0.15, 0.2) is 109 Å². The summed E-state index contributed by atoms with van der Waals surface area (Å²) in [6, 6.07) is 0. The Balaban J connectivity index is 4.52. The Labute approximate surface area is 374 Å². The first kappa shape index (κ1) is 57.1. The van der Waals surface area contributed by atoms with Gasteiger partial charge in [-0.25, -0.2) is 0 Å². The van der Waals surface area contributed by atoms with Crippen LogP contribution in [-0.4, -0.2) is 37.2 Å². The fraction of sp³-hybridized carbons (Fsp3) is 0.618. The third-order valence-electron chi connectivity index (χ3n) is 10.00. The summed E-state index contributed by atoms with van der Waals surface area (Å²) in [5.74, 6) is -0.975. The minimum Gasteiger partial charge on any atom is -0.462 e. The summed E-state index contributed by atoms with van der Waals surface area (Å²) < 4.78 is 16.7. The molecule has 0 aromatic heterocycles. The van der Waals surface area contributed by atoms with Crippen molar-refractivity contribution in [2.24, 2.45) is 0 Å². The topological polar surface area (TPSA) is 78.9 Å². The summed E-state index contributed by atoms with van der Waals surface area (Å²) in [5.41, 5.74) is 0. The number of rotatable bonds is 42. The molecule has 0 aromatic rings. The van der Waals surface area contributed by atoms with Crippen LogP contribution in [0, 0.1) is 0 Å². The van der Waals surface area contributed by atoms with Crippen molar-refractivity contribution in [3.05, 3.63) is 109 Å². The number of allylic oxidation sites excluding steroid dienone is 18. The van der Waals surface area contributed by atoms with E-state index in [-0.39, 0.29) is 31.1 Å². The highest BCUT2D eigenvalue weighted by molar-refractivity contribution is 5.71. The zero-order valence-corrected chi connectivity index (χ0v) is 39.1. The van der Waals surface area contributed by atoms with Crippen LogP contribution >= 0.6 is 0 Å². The number of carbonyl (C=O) groups is 3. The van der Waals surface area contributed by atoms with Gasteiger partial charge in [-0.2, -0.15) is 0 Å². The number of ether oxygens (including phenoxy) is 3. The molecule has 0 saturated heterocycles. The molecular weight excluding hydrogens is 757 g/mol. The number of hydrogen-bond acceptors (Lipinski definition) is 6. The Hall–Kier alpha value is -3.93. The molecule has 6 nitrogen and oxygen atoms in total. The van der Waals surface area contributed by atoms with Crippen LogP contribution in [0.5, 0.6) is 0 Å². The third kappa shape index (κ3) is 47.0. The molecule has 0 amide bonds. The zero-order chi connectivity index (χ0) is 44.4.